The number of carbonyl (C=O) groups excluding carboxylic acids is 2. The van der Waals surface area contributed by atoms with Gasteiger partial charge in [-0.2, -0.15) is 0 Å². The maximum Gasteiger partial charge on any atom is 0.342 e. The Morgan fingerprint density at radius 1 is 1.07 bits per heavy atom. The summed E-state index contributed by atoms with van der Waals surface area (Å²) in [5, 5.41) is 0.568. The molecular weight excluding hydrogens is 387 g/mol. The minimum atomic E-state index is -0.582. The number of fused-ring (bicyclic) bond motifs is 1. The van der Waals surface area contributed by atoms with Gasteiger partial charge in [0.25, 0.3) is 5.91 Å². The van der Waals surface area contributed by atoms with Crippen LogP contribution in [0.3, 0.4) is 0 Å². The molecule has 0 spiro atoms. The third-order valence-electron chi connectivity index (χ3n) is 4.64. The van der Waals surface area contributed by atoms with Crippen molar-refractivity contribution >= 4 is 22.8 Å². The van der Waals surface area contributed by atoms with Gasteiger partial charge in [-0.05, 0) is 48.7 Å². The fourth-order valence-corrected chi connectivity index (χ4v) is 3.23. The van der Waals surface area contributed by atoms with Crippen molar-refractivity contribution in [3.05, 3.63) is 70.7 Å². The summed E-state index contributed by atoms with van der Waals surface area (Å²) in [5.41, 5.74) is 2.63. The quantitative estimate of drug-likeness (QED) is 0.578. The highest BCUT2D eigenvalue weighted by Crippen LogP contribution is 2.33. The summed E-state index contributed by atoms with van der Waals surface area (Å²) in [4.78, 5) is 31.3. The summed E-state index contributed by atoms with van der Waals surface area (Å²) in [6, 6.07) is 9.55. The minimum absolute atomic E-state index is 0.149. The Morgan fingerprint density at radius 3 is 2.37 bits per heavy atom. The third-order valence-corrected chi connectivity index (χ3v) is 4.64. The summed E-state index contributed by atoms with van der Waals surface area (Å²) in [6.45, 7) is 1.90. The highest BCUT2D eigenvalue weighted by molar-refractivity contribution is 6.11. The van der Waals surface area contributed by atoms with Gasteiger partial charge in [-0.1, -0.05) is 12.1 Å². The number of benzene rings is 2. The number of methoxy groups -OCH3 is 1. The average molecular weight is 410 g/mol. The van der Waals surface area contributed by atoms with E-state index in [9.17, 15) is 14.0 Å². The second kappa shape index (κ2) is 8.90. The molecule has 3 aromatic rings. The average Bonchev–Trinajstić information content (AvgIpc) is 2.73. The first-order valence-electron chi connectivity index (χ1n) is 9.48. The highest BCUT2D eigenvalue weighted by Gasteiger charge is 2.24. The first-order chi connectivity index (χ1) is 14.3. The van der Waals surface area contributed by atoms with E-state index in [0.717, 1.165) is 11.1 Å². The van der Waals surface area contributed by atoms with E-state index in [4.69, 9.17) is 9.47 Å². The molecule has 0 unspecified atom stereocenters. The van der Waals surface area contributed by atoms with Crippen LogP contribution in [0.2, 0.25) is 0 Å². The number of hydrogen-bond donors (Lipinski definition) is 0. The normalized spacial score (nSPS) is 10.7. The molecular formula is C23H23FN2O4. The van der Waals surface area contributed by atoms with Crippen molar-refractivity contribution < 1.29 is 23.5 Å². The number of amides is 1. The molecule has 0 saturated carbocycles. The molecule has 1 heterocycles. The van der Waals surface area contributed by atoms with E-state index in [-0.39, 0.29) is 29.6 Å². The van der Waals surface area contributed by atoms with Gasteiger partial charge in [-0.15, -0.1) is 0 Å². The number of ether oxygens (including phenoxy) is 2. The second-order valence-corrected chi connectivity index (χ2v) is 6.97. The predicted molar refractivity (Wildman–Crippen MR) is 111 cm³/mol. The van der Waals surface area contributed by atoms with Gasteiger partial charge >= 0.3 is 5.97 Å². The van der Waals surface area contributed by atoms with Gasteiger partial charge in [0.1, 0.15) is 16.9 Å². The first-order valence-corrected chi connectivity index (χ1v) is 9.48. The zero-order valence-corrected chi connectivity index (χ0v) is 17.4. The van der Waals surface area contributed by atoms with Crippen LogP contribution in [0.4, 0.5) is 4.39 Å². The monoisotopic (exact) mass is 410 g/mol. The minimum Gasteiger partial charge on any atom is -0.494 e. The van der Waals surface area contributed by atoms with Crippen molar-refractivity contribution in [2.75, 3.05) is 27.8 Å². The zero-order chi connectivity index (χ0) is 21.8. The smallest absolute Gasteiger partial charge is 0.342 e. The van der Waals surface area contributed by atoms with Crippen LogP contribution in [0.25, 0.3) is 10.9 Å². The molecule has 6 nitrogen and oxygen atoms in total. The lowest BCUT2D eigenvalue weighted by Gasteiger charge is -2.17. The molecule has 1 aromatic heterocycles. The predicted octanol–water partition coefficient (Wildman–Crippen LogP) is 3.85. The number of hydrogen-bond acceptors (Lipinski definition) is 5. The van der Waals surface area contributed by atoms with E-state index >= 15 is 0 Å². The van der Waals surface area contributed by atoms with Crippen LogP contribution < -0.4 is 4.74 Å². The molecule has 1 amide bonds. The fraction of sp³-hybridized carbons (Fsp3) is 0.261. The second-order valence-electron chi connectivity index (χ2n) is 6.97. The van der Waals surface area contributed by atoms with Crippen LogP contribution in [0.5, 0.6) is 5.75 Å². The Morgan fingerprint density at radius 2 is 1.77 bits per heavy atom. The van der Waals surface area contributed by atoms with Gasteiger partial charge in [0.2, 0.25) is 0 Å². The lowest BCUT2D eigenvalue weighted by atomic mass is 9.98. The van der Waals surface area contributed by atoms with Gasteiger partial charge in [0.05, 0.1) is 19.3 Å². The first kappa shape index (κ1) is 21.2. The fourth-order valence-electron chi connectivity index (χ4n) is 3.23. The maximum atomic E-state index is 13.2. The molecule has 0 aliphatic carbocycles. The number of esters is 1. The topological polar surface area (TPSA) is 68.7 Å². The van der Waals surface area contributed by atoms with E-state index in [1.54, 1.807) is 39.3 Å². The number of nitrogens with zero attached hydrogens (tertiary/aromatic N) is 2. The molecule has 156 valence electrons. The van der Waals surface area contributed by atoms with Gasteiger partial charge < -0.3 is 14.4 Å². The summed E-state index contributed by atoms with van der Waals surface area (Å²) in [5.74, 6) is -0.896. The van der Waals surface area contributed by atoms with Crippen LogP contribution in [-0.2, 0) is 11.2 Å². The number of halogens is 1. The molecule has 0 bridgehead atoms. The van der Waals surface area contributed by atoms with Crippen LogP contribution >= 0.6 is 0 Å². The van der Waals surface area contributed by atoms with Crippen LogP contribution in [0.1, 0.15) is 38.8 Å². The molecule has 0 aliphatic rings. The molecule has 3 rings (SSSR count). The van der Waals surface area contributed by atoms with Gasteiger partial charge in [0, 0.05) is 25.7 Å². The lowest BCUT2D eigenvalue weighted by Crippen LogP contribution is -2.23. The van der Waals surface area contributed by atoms with E-state index in [1.807, 2.05) is 6.07 Å². The van der Waals surface area contributed by atoms with Gasteiger partial charge in [0.15, 0.2) is 5.75 Å². The lowest BCUT2D eigenvalue weighted by molar-refractivity contribution is 0.0523. The number of rotatable bonds is 6. The molecule has 2 aromatic carbocycles. The van der Waals surface area contributed by atoms with Crippen molar-refractivity contribution in [2.45, 2.75) is 13.3 Å². The van der Waals surface area contributed by atoms with Crippen molar-refractivity contribution in [1.29, 1.82) is 0 Å². The molecule has 0 N–H and O–H groups in total. The summed E-state index contributed by atoms with van der Waals surface area (Å²) in [6.07, 6.45) is 2.17. The van der Waals surface area contributed by atoms with Crippen LogP contribution in [0.15, 0.2) is 42.6 Å². The largest absolute Gasteiger partial charge is 0.494 e. The van der Waals surface area contributed by atoms with Crippen LogP contribution in [0, 0.1) is 5.82 Å². The molecule has 0 fully saturated rings. The molecule has 0 atom stereocenters. The molecule has 0 saturated heterocycles. The Hall–Kier alpha value is -3.48. The number of pyridine rings is 1. The van der Waals surface area contributed by atoms with E-state index in [1.165, 1.54) is 30.2 Å². The van der Waals surface area contributed by atoms with E-state index in [0.29, 0.717) is 22.9 Å². The zero-order valence-electron chi connectivity index (χ0n) is 17.4. The highest BCUT2D eigenvalue weighted by atomic mass is 19.1. The molecule has 0 radical (unpaired) electrons. The van der Waals surface area contributed by atoms with Crippen molar-refractivity contribution in [3.63, 3.8) is 0 Å². The molecule has 30 heavy (non-hydrogen) atoms. The Balaban J connectivity index is 2.19. The Kier molecular flexibility index (Phi) is 6.30. The Labute approximate surface area is 174 Å². The number of carbonyl (C=O) groups is 2. The standard InChI is InChI=1S/C23H23FN2O4/c1-5-30-23(28)19-12-18(22(27)26(2)3)17-11-15(13-25-20(17)21(19)29-4)10-14-6-8-16(24)9-7-14/h6-9,11-13H,5,10H2,1-4H3. The summed E-state index contributed by atoms with van der Waals surface area (Å²) < 4.78 is 23.8. The SMILES string of the molecule is CCOC(=O)c1cc(C(=O)N(C)C)c2cc(Cc3ccc(F)cc3)cnc2c1OC. The third kappa shape index (κ3) is 4.25. The van der Waals surface area contributed by atoms with E-state index < -0.39 is 5.97 Å². The summed E-state index contributed by atoms with van der Waals surface area (Å²) in [7, 11) is 4.72. The van der Waals surface area contributed by atoms with E-state index in [2.05, 4.69) is 4.98 Å². The van der Waals surface area contributed by atoms with Crippen molar-refractivity contribution in [3.8, 4) is 5.75 Å². The van der Waals surface area contributed by atoms with Crippen LogP contribution in [-0.4, -0.2) is 49.6 Å². The molecule has 0 aliphatic heterocycles. The Bertz CT molecular complexity index is 1090. The van der Waals surface area contributed by atoms with Gasteiger partial charge in [-0.25, -0.2) is 9.18 Å². The van der Waals surface area contributed by atoms with Crippen molar-refractivity contribution in [1.82, 2.24) is 9.88 Å². The number of aromatic nitrogens is 1. The molecule has 7 heteroatoms. The van der Waals surface area contributed by atoms with Crippen molar-refractivity contribution in [2.24, 2.45) is 0 Å². The van der Waals surface area contributed by atoms with Gasteiger partial charge in [-0.3, -0.25) is 9.78 Å². The summed E-state index contributed by atoms with van der Waals surface area (Å²) >= 11 is 0. The maximum absolute atomic E-state index is 13.2.